The minimum atomic E-state index is 0.782. The van der Waals surface area contributed by atoms with Gasteiger partial charge in [-0.1, -0.05) is 28.8 Å². The van der Waals surface area contributed by atoms with Crippen LogP contribution < -0.4 is 4.90 Å². The van der Waals surface area contributed by atoms with Crippen molar-refractivity contribution in [2.75, 3.05) is 18.0 Å². The topological polar surface area (TPSA) is 20.3 Å². The predicted molar refractivity (Wildman–Crippen MR) is 79.4 cm³/mol. The lowest BCUT2D eigenvalue weighted by Crippen LogP contribution is -2.29. The van der Waals surface area contributed by atoms with Gasteiger partial charge in [-0.25, -0.2) is 0 Å². The molecule has 0 atom stereocenters. The first-order valence-corrected chi connectivity index (χ1v) is 7.53. The first-order valence-electron chi connectivity index (χ1n) is 6.74. The van der Waals surface area contributed by atoms with Crippen LogP contribution >= 0.6 is 15.9 Å². The fourth-order valence-corrected chi connectivity index (χ4v) is 3.19. The van der Waals surface area contributed by atoms with Crippen LogP contribution in [0, 0.1) is 5.92 Å². The van der Waals surface area contributed by atoms with Crippen LogP contribution in [0.25, 0.3) is 0 Å². The molecule has 1 aromatic carbocycles. The number of nitrogens with zero attached hydrogens (tertiary/aromatic N) is 1. The molecule has 0 spiro atoms. The molecule has 0 aromatic heterocycles. The van der Waals surface area contributed by atoms with Crippen LogP contribution in [0.4, 0.5) is 5.69 Å². The first-order chi connectivity index (χ1) is 8.74. The fraction of sp³-hybridized carbons (Fsp3) is 0.533. The summed E-state index contributed by atoms with van der Waals surface area (Å²) >= 11 is 3.42. The second-order valence-corrected chi connectivity index (χ2v) is 5.93. The summed E-state index contributed by atoms with van der Waals surface area (Å²) < 4.78 is 0.963. The number of hydrogen-bond acceptors (Lipinski definition) is 2. The minimum absolute atomic E-state index is 0.782. The Kier molecular flexibility index (Phi) is 4.81. The summed E-state index contributed by atoms with van der Waals surface area (Å²) in [6, 6.07) is 5.96. The van der Waals surface area contributed by atoms with E-state index < -0.39 is 0 Å². The van der Waals surface area contributed by atoms with Crippen molar-refractivity contribution >= 4 is 27.9 Å². The summed E-state index contributed by atoms with van der Waals surface area (Å²) in [7, 11) is 0. The van der Waals surface area contributed by atoms with Gasteiger partial charge < -0.3 is 4.90 Å². The maximum absolute atomic E-state index is 11.2. The Labute approximate surface area is 117 Å². The van der Waals surface area contributed by atoms with Gasteiger partial charge in [-0.3, -0.25) is 4.79 Å². The molecule has 0 saturated heterocycles. The van der Waals surface area contributed by atoms with Crippen molar-refractivity contribution in [3.63, 3.8) is 0 Å². The molecule has 1 aliphatic carbocycles. The molecule has 98 valence electrons. The molecule has 2 nitrogen and oxygen atoms in total. The largest absolute Gasteiger partial charge is 0.371 e. The highest BCUT2D eigenvalue weighted by atomic mass is 79.9. The average molecular weight is 310 g/mol. The van der Waals surface area contributed by atoms with E-state index >= 15 is 0 Å². The Balaban J connectivity index is 2.17. The molecule has 0 unspecified atom stereocenters. The van der Waals surface area contributed by atoms with Crippen molar-refractivity contribution < 1.29 is 4.79 Å². The van der Waals surface area contributed by atoms with Gasteiger partial charge in [-0.15, -0.1) is 0 Å². The number of aldehydes is 1. The Morgan fingerprint density at radius 2 is 2.11 bits per heavy atom. The SMILES string of the molecule is CCN(CC1CCCC1)c1ccc(Br)cc1C=O. The van der Waals surface area contributed by atoms with Crippen LogP contribution in [0.2, 0.25) is 0 Å². The standard InChI is InChI=1S/C15H20BrNO/c1-2-17(10-12-5-3-4-6-12)15-8-7-14(16)9-13(15)11-18/h7-9,11-12H,2-6,10H2,1H3. The highest BCUT2D eigenvalue weighted by Gasteiger charge is 2.19. The maximum atomic E-state index is 11.2. The van der Waals surface area contributed by atoms with Gasteiger partial charge in [0.2, 0.25) is 0 Å². The molecule has 2 rings (SSSR count). The monoisotopic (exact) mass is 309 g/mol. The second kappa shape index (κ2) is 6.37. The third-order valence-electron chi connectivity index (χ3n) is 3.79. The van der Waals surface area contributed by atoms with Crippen molar-refractivity contribution in [3.8, 4) is 0 Å². The molecule has 1 aromatic rings. The minimum Gasteiger partial charge on any atom is -0.371 e. The van der Waals surface area contributed by atoms with Crippen LogP contribution in [0.3, 0.4) is 0 Å². The predicted octanol–water partition coefficient (Wildman–Crippen LogP) is 4.28. The van der Waals surface area contributed by atoms with Crippen molar-refractivity contribution in [2.45, 2.75) is 32.6 Å². The molecule has 1 saturated carbocycles. The number of benzene rings is 1. The molecule has 0 amide bonds. The van der Waals surface area contributed by atoms with E-state index in [1.807, 2.05) is 18.2 Å². The van der Waals surface area contributed by atoms with Gasteiger partial charge in [-0.2, -0.15) is 0 Å². The third-order valence-corrected chi connectivity index (χ3v) is 4.29. The molecule has 0 aliphatic heterocycles. The van der Waals surface area contributed by atoms with E-state index in [1.54, 1.807) is 0 Å². The summed E-state index contributed by atoms with van der Waals surface area (Å²) in [5.41, 5.74) is 1.85. The van der Waals surface area contributed by atoms with E-state index in [2.05, 4.69) is 27.8 Å². The van der Waals surface area contributed by atoms with E-state index in [1.165, 1.54) is 25.7 Å². The van der Waals surface area contributed by atoms with Crippen molar-refractivity contribution in [2.24, 2.45) is 5.92 Å². The third kappa shape index (κ3) is 3.14. The van der Waals surface area contributed by atoms with E-state index in [4.69, 9.17) is 0 Å². The molecule has 18 heavy (non-hydrogen) atoms. The number of carbonyl (C=O) groups is 1. The number of anilines is 1. The number of hydrogen-bond donors (Lipinski definition) is 0. The van der Waals surface area contributed by atoms with Gasteiger partial charge in [0.05, 0.1) is 0 Å². The lowest BCUT2D eigenvalue weighted by Gasteiger charge is -2.27. The lowest BCUT2D eigenvalue weighted by atomic mass is 10.1. The highest BCUT2D eigenvalue weighted by molar-refractivity contribution is 9.10. The Hall–Kier alpha value is -0.830. The molecule has 0 heterocycles. The lowest BCUT2D eigenvalue weighted by molar-refractivity contribution is 0.112. The number of carbonyl (C=O) groups excluding carboxylic acids is 1. The van der Waals surface area contributed by atoms with Crippen LogP contribution in [-0.2, 0) is 0 Å². The molecular formula is C15H20BrNO. The summed E-state index contributed by atoms with van der Waals surface area (Å²) in [6.07, 6.45) is 6.36. The van der Waals surface area contributed by atoms with E-state index in [0.717, 1.165) is 41.0 Å². The van der Waals surface area contributed by atoms with Gasteiger partial charge in [0, 0.05) is 28.8 Å². The zero-order valence-electron chi connectivity index (χ0n) is 10.9. The summed E-state index contributed by atoms with van der Waals surface area (Å²) in [4.78, 5) is 13.5. The molecular weight excluding hydrogens is 290 g/mol. The van der Waals surface area contributed by atoms with Crippen molar-refractivity contribution in [3.05, 3.63) is 28.2 Å². The summed E-state index contributed by atoms with van der Waals surface area (Å²) in [5, 5.41) is 0. The van der Waals surface area contributed by atoms with Gasteiger partial charge in [-0.05, 0) is 43.9 Å². The van der Waals surface area contributed by atoms with Gasteiger partial charge >= 0.3 is 0 Å². The quantitative estimate of drug-likeness (QED) is 0.757. The van der Waals surface area contributed by atoms with E-state index in [-0.39, 0.29) is 0 Å². The van der Waals surface area contributed by atoms with Crippen molar-refractivity contribution in [1.29, 1.82) is 0 Å². The molecule has 1 fully saturated rings. The number of rotatable bonds is 5. The smallest absolute Gasteiger partial charge is 0.152 e. The maximum Gasteiger partial charge on any atom is 0.152 e. The first kappa shape index (κ1) is 13.6. The molecule has 0 radical (unpaired) electrons. The van der Waals surface area contributed by atoms with Crippen molar-refractivity contribution in [1.82, 2.24) is 0 Å². The summed E-state index contributed by atoms with van der Waals surface area (Å²) in [5.74, 6) is 0.799. The second-order valence-electron chi connectivity index (χ2n) is 5.01. The van der Waals surface area contributed by atoms with Crippen LogP contribution in [-0.4, -0.2) is 19.4 Å². The van der Waals surface area contributed by atoms with Gasteiger partial charge in [0.25, 0.3) is 0 Å². The summed E-state index contributed by atoms with van der Waals surface area (Å²) in [6.45, 7) is 4.20. The Morgan fingerprint density at radius 1 is 1.39 bits per heavy atom. The van der Waals surface area contributed by atoms with Crippen LogP contribution in [0.1, 0.15) is 43.0 Å². The fourth-order valence-electron chi connectivity index (χ4n) is 2.81. The molecule has 3 heteroatoms. The zero-order chi connectivity index (χ0) is 13.0. The molecule has 0 bridgehead atoms. The van der Waals surface area contributed by atoms with Crippen LogP contribution in [0.15, 0.2) is 22.7 Å². The number of halogens is 1. The Morgan fingerprint density at radius 3 is 2.72 bits per heavy atom. The Bertz CT molecular complexity index is 413. The average Bonchev–Trinajstić information content (AvgIpc) is 2.89. The van der Waals surface area contributed by atoms with E-state index in [0.29, 0.717) is 0 Å². The van der Waals surface area contributed by atoms with Crippen LogP contribution in [0.5, 0.6) is 0 Å². The highest BCUT2D eigenvalue weighted by Crippen LogP contribution is 2.29. The van der Waals surface area contributed by atoms with Gasteiger partial charge in [0.1, 0.15) is 0 Å². The van der Waals surface area contributed by atoms with E-state index in [9.17, 15) is 4.79 Å². The van der Waals surface area contributed by atoms with Gasteiger partial charge in [0.15, 0.2) is 6.29 Å². The zero-order valence-corrected chi connectivity index (χ0v) is 12.4. The molecule has 0 N–H and O–H groups in total. The molecule has 1 aliphatic rings. The normalized spacial score (nSPS) is 15.9.